The maximum atomic E-state index is 11.3. The van der Waals surface area contributed by atoms with Crippen LogP contribution in [0.25, 0.3) is 0 Å². The highest BCUT2D eigenvalue weighted by Gasteiger charge is 2.25. The minimum absolute atomic E-state index is 0.192. The Hall–Kier alpha value is -2.06. The molecule has 2 rings (SSSR count). The zero-order valence-corrected chi connectivity index (χ0v) is 11.8. The summed E-state index contributed by atoms with van der Waals surface area (Å²) < 4.78 is 10.3. The molecular formula is C15H18N2O3. The Kier molecular flexibility index (Phi) is 4.59. The molecule has 1 saturated heterocycles. The topological polar surface area (TPSA) is 62.6 Å². The summed E-state index contributed by atoms with van der Waals surface area (Å²) in [7, 11) is 1.37. The summed E-state index contributed by atoms with van der Waals surface area (Å²) in [5.74, 6) is -0.276. The van der Waals surface area contributed by atoms with E-state index >= 15 is 0 Å². The molecule has 1 aliphatic heterocycles. The van der Waals surface area contributed by atoms with Crippen molar-refractivity contribution in [2.75, 3.05) is 31.7 Å². The van der Waals surface area contributed by atoms with Crippen LogP contribution < -0.4 is 4.90 Å². The number of rotatable bonds is 3. The van der Waals surface area contributed by atoms with Gasteiger partial charge in [-0.2, -0.15) is 5.26 Å². The van der Waals surface area contributed by atoms with Crippen molar-refractivity contribution < 1.29 is 14.3 Å². The molecule has 1 aromatic rings. The van der Waals surface area contributed by atoms with Crippen LogP contribution in [0, 0.1) is 18.3 Å². The van der Waals surface area contributed by atoms with E-state index < -0.39 is 0 Å². The quantitative estimate of drug-likeness (QED) is 0.784. The number of hydrogen-bond acceptors (Lipinski definition) is 5. The molecule has 106 valence electrons. The molecule has 0 aromatic heterocycles. The van der Waals surface area contributed by atoms with Crippen molar-refractivity contribution in [3.05, 3.63) is 29.3 Å². The second-order valence-electron chi connectivity index (χ2n) is 4.80. The van der Waals surface area contributed by atoms with Crippen LogP contribution in [0.4, 0.5) is 5.69 Å². The van der Waals surface area contributed by atoms with Crippen LogP contribution in [0.5, 0.6) is 0 Å². The molecule has 0 aliphatic carbocycles. The van der Waals surface area contributed by atoms with E-state index in [9.17, 15) is 10.1 Å². The molecule has 0 saturated carbocycles. The van der Waals surface area contributed by atoms with E-state index in [1.807, 2.05) is 25.1 Å². The maximum absolute atomic E-state index is 11.3. The van der Waals surface area contributed by atoms with Crippen molar-refractivity contribution in [3.63, 3.8) is 0 Å². The van der Waals surface area contributed by atoms with E-state index in [2.05, 4.69) is 15.7 Å². The third-order valence-corrected chi connectivity index (χ3v) is 3.44. The average Bonchev–Trinajstić information content (AvgIpc) is 2.47. The molecule has 5 nitrogen and oxygen atoms in total. The summed E-state index contributed by atoms with van der Waals surface area (Å²) in [6.45, 7) is 3.84. The molecule has 0 bridgehead atoms. The van der Waals surface area contributed by atoms with Crippen molar-refractivity contribution in [1.29, 1.82) is 5.26 Å². The number of esters is 1. The van der Waals surface area contributed by atoms with Crippen molar-refractivity contribution in [3.8, 4) is 6.07 Å². The third-order valence-electron chi connectivity index (χ3n) is 3.44. The number of aryl methyl sites for hydroxylation is 1. The van der Waals surface area contributed by atoms with E-state index in [4.69, 9.17) is 4.74 Å². The van der Waals surface area contributed by atoms with Gasteiger partial charge in [0.2, 0.25) is 0 Å². The van der Waals surface area contributed by atoms with Crippen molar-refractivity contribution in [1.82, 2.24) is 0 Å². The van der Waals surface area contributed by atoms with Gasteiger partial charge >= 0.3 is 5.97 Å². The Labute approximate surface area is 118 Å². The van der Waals surface area contributed by atoms with Gasteiger partial charge in [0.15, 0.2) is 0 Å². The summed E-state index contributed by atoms with van der Waals surface area (Å²) in [5, 5.41) is 9.24. The predicted molar refractivity (Wildman–Crippen MR) is 74.5 cm³/mol. The lowest BCUT2D eigenvalue weighted by Crippen LogP contribution is -2.44. The molecule has 1 aliphatic rings. The molecule has 0 amide bonds. The molecule has 1 heterocycles. The van der Waals surface area contributed by atoms with E-state index in [1.54, 1.807) is 0 Å². The zero-order chi connectivity index (χ0) is 14.5. The normalized spacial score (nSPS) is 18.4. The fourth-order valence-corrected chi connectivity index (χ4v) is 2.48. The largest absolute Gasteiger partial charge is 0.469 e. The van der Waals surface area contributed by atoms with E-state index in [0.29, 0.717) is 18.7 Å². The van der Waals surface area contributed by atoms with Gasteiger partial charge in [-0.15, -0.1) is 0 Å². The van der Waals surface area contributed by atoms with Crippen molar-refractivity contribution in [2.24, 2.45) is 0 Å². The first-order chi connectivity index (χ1) is 9.65. The zero-order valence-electron chi connectivity index (χ0n) is 11.8. The standard InChI is InChI=1S/C15H18N2O3/c1-11-4-3-5-12(9-16)15(11)17-6-7-20-13(10-17)8-14(18)19-2/h3-5,13H,6-8,10H2,1-2H3. The summed E-state index contributed by atoms with van der Waals surface area (Å²) in [4.78, 5) is 13.5. The second-order valence-corrected chi connectivity index (χ2v) is 4.80. The molecule has 1 fully saturated rings. The number of nitrogens with zero attached hydrogens (tertiary/aromatic N) is 2. The van der Waals surface area contributed by atoms with Crippen LogP contribution in [0.1, 0.15) is 17.5 Å². The highest BCUT2D eigenvalue weighted by Crippen LogP contribution is 2.27. The highest BCUT2D eigenvalue weighted by molar-refractivity contribution is 5.70. The molecule has 1 atom stereocenters. The SMILES string of the molecule is COC(=O)CC1CN(c2c(C)cccc2C#N)CCO1. The van der Waals surface area contributed by atoms with E-state index in [1.165, 1.54) is 7.11 Å². The summed E-state index contributed by atoms with van der Waals surface area (Å²) in [5.41, 5.74) is 2.65. The van der Waals surface area contributed by atoms with E-state index in [-0.39, 0.29) is 18.5 Å². The number of nitriles is 1. The summed E-state index contributed by atoms with van der Waals surface area (Å²) >= 11 is 0. The number of morpholine rings is 1. The lowest BCUT2D eigenvalue weighted by Gasteiger charge is -2.35. The van der Waals surface area contributed by atoms with Crippen LogP contribution in [0.15, 0.2) is 18.2 Å². The number of carbonyl (C=O) groups is 1. The second kappa shape index (κ2) is 6.40. The Morgan fingerprint density at radius 2 is 2.40 bits per heavy atom. The first-order valence-corrected chi connectivity index (χ1v) is 6.58. The van der Waals surface area contributed by atoms with Crippen molar-refractivity contribution >= 4 is 11.7 Å². The van der Waals surface area contributed by atoms with Gasteiger partial charge in [0.25, 0.3) is 0 Å². The Morgan fingerprint density at radius 1 is 1.60 bits per heavy atom. The first-order valence-electron chi connectivity index (χ1n) is 6.58. The molecular weight excluding hydrogens is 256 g/mol. The smallest absolute Gasteiger partial charge is 0.308 e. The molecule has 20 heavy (non-hydrogen) atoms. The van der Waals surface area contributed by atoms with Gasteiger partial charge in [-0.3, -0.25) is 4.79 Å². The van der Waals surface area contributed by atoms with Crippen LogP contribution in [-0.2, 0) is 14.3 Å². The van der Waals surface area contributed by atoms with Gasteiger partial charge in [-0.1, -0.05) is 12.1 Å². The highest BCUT2D eigenvalue weighted by atomic mass is 16.5. The lowest BCUT2D eigenvalue weighted by molar-refractivity contribution is -0.144. The van der Waals surface area contributed by atoms with Crippen LogP contribution in [0.3, 0.4) is 0 Å². The summed E-state index contributed by atoms with van der Waals surface area (Å²) in [6.07, 6.45) is 0.0446. The predicted octanol–water partition coefficient (Wildman–Crippen LogP) is 1.64. The molecule has 1 unspecified atom stereocenters. The average molecular weight is 274 g/mol. The minimum atomic E-state index is -0.276. The number of para-hydroxylation sites is 1. The Morgan fingerprint density at radius 3 is 3.10 bits per heavy atom. The van der Waals surface area contributed by atoms with Gasteiger partial charge in [0.05, 0.1) is 37.5 Å². The number of ether oxygens (including phenoxy) is 2. The van der Waals surface area contributed by atoms with Gasteiger partial charge in [0.1, 0.15) is 6.07 Å². The lowest BCUT2D eigenvalue weighted by atomic mass is 10.1. The van der Waals surface area contributed by atoms with Gasteiger partial charge in [0, 0.05) is 13.1 Å². The monoisotopic (exact) mass is 274 g/mol. The van der Waals surface area contributed by atoms with Crippen LogP contribution >= 0.6 is 0 Å². The number of methoxy groups -OCH3 is 1. The third kappa shape index (κ3) is 3.09. The number of hydrogen-bond donors (Lipinski definition) is 0. The molecule has 5 heteroatoms. The van der Waals surface area contributed by atoms with Gasteiger partial charge in [-0.05, 0) is 18.6 Å². The van der Waals surface area contributed by atoms with Crippen LogP contribution in [0.2, 0.25) is 0 Å². The van der Waals surface area contributed by atoms with Gasteiger partial charge in [-0.25, -0.2) is 0 Å². The molecule has 0 spiro atoms. The van der Waals surface area contributed by atoms with Crippen LogP contribution in [-0.4, -0.2) is 38.9 Å². The van der Waals surface area contributed by atoms with Gasteiger partial charge < -0.3 is 14.4 Å². The molecule has 0 N–H and O–H groups in total. The Bertz CT molecular complexity index is 536. The number of benzene rings is 1. The fourth-order valence-electron chi connectivity index (χ4n) is 2.48. The first kappa shape index (κ1) is 14.4. The minimum Gasteiger partial charge on any atom is -0.469 e. The Balaban J connectivity index is 2.17. The van der Waals surface area contributed by atoms with Crippen molar-refractivity contribution in [2.45, 2.75) is 19.4 Å². The molecule has 0 radical (unpaired) electrons. The number of carbonyl (C=O) groups excluding carboxylic acids is 1. The molecule has 1 aromatic carbocycles. The summed E-state index contributed by atoms with van der Waals surface area (Å²) in [6, 6.07) is 7.90. The van der Waals surface area contributed by atoms with E-state index in [0.717, 1.165) is 17.8 Å². The fraction of sp³-hybridized carbons (Fsp3) is 0.467. The number of anilines is 1. The maximum Gasteiger partial charge on any atom is 0.308 e.